The number of aryl methyl sites for hydroxylation is 1. The fraction of sp³-hybridized carbons (Fsp3) is 0.217. The third-order valence-corrected chi connectivity index (χ3v) is 4.79. The lowest BCUT2D eigenvalue weighted by Gasteiger charge is -2.11. The number of ether oxygens (including phenoxy) is 2. The van der Waals surface area contributed by atoms with Gasteiger partial charge in [-0.3, -0.25) is 14.4 Å². The maximum atomic E-state index is 12.3. The summed E-state index contributed by atoms with van der Waals surface area (Å²) in [7, 11) is 3.10. The van der Waals surface area contributed by atoms with E-state index < -0.39 is 5.91 Å². The summed E-state index contributed by atoms with van der Waals surface area (Å²) in [5, 5.41) is 7.09. The highest BCUT2D eigenvalue weighted by Crippen LogP contribution is 2.31. The summed E-state index contributed by atoms with van der Waals surface area (Å²) in [5.41, 5.74) is 7.00. The molecule has 0 atom stereocenters. The molecule has 2 amide bonds. The van der Waals surface area contributed by atoms with Gasteiger partial charge in [0.05, 0.1) is 31.2 Å². The third-order valence-electron chi connectivity index (χ3n) is 4.79. The minimum absolute atomic E-state index is 0.141. The number of amides is 2. The Morgan fingerprint density at radius 1 is 1.03 bits per heavy atom. The van der Waals surface area contributed by atoms with Crippen molar-refractivity contribution in [3.8, 4) is 22.8 Å². The maximum Gasteiger partial charge on any atom is 0.266 e. The van der Waals surface area contributed by atoms with Crippen molar-refractivity contribution in [2.24, 2.45) is 5.73 Å². The molecule has 0 aliphatic rings. The van der Waals surface area contributed by atoms with Crippen LogP contribution >= 0.6 is 0 Å². The number of nitrogens with zero attached hydrogens (tertiary/aromatic N) is 2. The molecule has 32 heavy (non-hydrogen) atoms. The smallest absolute Gasteiger partial charge is 0.266 e. The number of methoxy groups -OCH3 is 2. The zero-order chi connectivity index (χ0) is 23.1. The summed E-state index contributed by atoms with van der Waals surface area (Å²) in [6.45, 7) is 0.255. The minimum Gasteiger partial charge on any atom is -0.493 e. The number of aromatic nitrogens is 2. The Hall–Kier alpha value is -4.14. The van der Waals surface area contributed by atoms with Gasteiger partial charge in [0.1, 0.15) is 0 Å². The number of carbonyl (C=O) groups is 2. The molecular formula is C23H24N4O5. The Balaban J connectivity index is 1.67. The van der Waals surface area contributed by atoms with Crippen molar-refractivity contribution in [3.63, 3.8) is 0 Å². The summed E-state index contributed by atoms with van der Waals surface area (Å²) < 4.78 is 11.9. The predicted molar refractivity (Wildman–Crippen MR) is 120 cm³/mol. The average molecular weight is 436 g/mol. The van der Waals surface area contributed by atoms with Gasteiger partial charge in [0.25, 0.3) is 11.5 Å². The first-order chi connectivity index (χ1) is 15.4. The molecule has 0 aliphatic heterocycles. The van der Waals surface area contributed by atoms with E-state index in [1.807, 2.05) is 6.07 Å². The van der Waals surface area contributed by atoms with Crippen LogP contribution in [0.1, 0.15) is 23.2 Å². The van der Waals surface area contributed by atoms with E-state index in [9.17, 15) is 14.4 Å². The van der Waals surface area contributed by atoms with E-state index in [-0.39, 0.29) is 30.0 Å². The van der Waals surface area contributed by atoms with Crippen molar-refractivity contribution in [2.75, 3.05) is 19.5 Å². The third kappa shape index (κ3) is 5.31. The summed E-state index contributed by atoms with van der Waals surface area (Å²) in [6.07, 6.45) is 0.522. The number of hydrogen-bond donors (Lipinski definition) is 2. The number of nitrogens with two attached hydrogens (primary N) is 1. The fourth-order valence-corrected chi connectivity index (χ4v) is 3.17. The van der Waals surface area contributed by atoms with Crippen molar-refractivity contribution < 1.29 is 19.1 Å². The summed E-state index contributed by atoms with van der Waals surface area (Å²) in [6, 6.07) is 14.9. The van der Waals surface area contributed by atoms with Crippen LogP contribution in [0.15, 0.2) is 59.4 Å². The van der Waals surface area contributed by atoms with Crippen molar-refractivity contribution in [2.45, 2.75) is 19.4 Å². The molecule has 9 nitrogen and oxygen atoms in total. The highest BCUT2D eigenvalue weighted by atomic mass is 16.5. The Morgan fingerprint density at radius 3 is 2.50 bits per heavy atom. The quantitative estimate of drug-likeness (QED) is 0.531. The van der Waals surface area contributed by atoms with Crippen LogP contribution < -0.4 is 26.1 Å². The molecule has 0 saturated heterocycles. The van der Waals surface area contributed by atoms with Gasteiger partial charge in [-0.05, 0) is 42.8 Å². The number of anilines is 1. The van der Waals surface area contributed by atoms with Crippen LogP contribution in [0.2, 0.25) is 0 Å². The van der Waals surface area contributed by atoms with Crippen LogP contribution in [0.25, 0.3) is 11.3 Å². The van der Waals surface area contributed by atoms with Gasteiger partial charge in [0.2, 0.25) is 5.91 Å². The van der Waals surface area contributed by atoms with Gasteiger partial charge in [0.15, 0.2) is 11.5 Å². The van der Waals surface area contributed by atoms with E-state index in [1.54, 1.807) is 56.7 Å². The standard InChI is InChI=1S/C23H24N4O5/c1-31-19-11-9-15(14-20(19)32-2)17-10-12-22(29)27(26-17)13-5-8-21(28)25-18-7-4-3-6-16(18)23(24)30/h3-4,6-7,9-12,14H,5,8,13H2,1-2H3,(H2,24,30)(H,25,28). The number of benzene rings is 2. The van der Waals surface area contributed by atoms with Crippen LogP contribution in [0.3, 0.4) is 0 Å². The molecular weight excluding hydrogens is 412 g/mol. The number of rotatable bonds is 9. The van der Waals surface area contributed by atoms with E-state index in [2.05, 4.69) is 10.4 Å². The van der Waals surface area contributed by atoms with Gasteiger partial charge in [-0.2, -0.15) is 5.10 Å². The molecule has 2 aromatic carbocycles. The highest BCUT2D eigenvalue weighted by Gasteiger charge is 2.12. The minimum atomic E-state index is -0.622. The van der Waals surface area contributed by atoms with Crippen LogP contribution in [-0.4, -0.2) is 35.8 Å². The second-order valence-electron chi connectivity index (χ2n) is 6.91. The molecule has 0 radical (unpaired) electrons. The van der Waals surface area contributed by atoms with Crippen LogP contribution in [0, 0.1) is 0 Å². The molecule has 1 heterocycles. The molecule has 166 valence electrons. The summed E-state index contributed by atoms with van der Waals surface area (Å²) >= 11 is 0. The van der Waals surface area contributed by atoms with E-state index in [0.29, 0.717) is 29.3 Å². The fourth-order valence-electron chi connectivity index (χ4n) is 3.17. The highest BCUT2D eigenvalue weighted by molar-refractivity contribution is 6.02. The second kappa shape index (κ2) is 10.3. The van der Waals surface area contributed by atoms with Gasteiger partial charge in [-0.25, -0.2) is 4.68 Å². The number of primary amides is 1. The molecule has 3 N–H and O–H groups in total. The zero-order valence-corrected chi connectivity index (χ0v) is 17.8. The summed E-state index contributed by atoms with van der Waals surface area (Å²) in [4.78, 5) is 36.0. The van der Waals surface area contributed by atoms with Crippen molar-refractivity contribution in [3.05, 3.63) is 70.5 Å². The monoisotopic (exact) mass is 436 g/mol. The molecule has 9 heteroatoms. The summed E-state index contributed by atoms with van der Waals surface area (Å²) in [5.74, 6) is 0.234. The lowest BCUT2D eigenvalue weighted by atomic mass is 10.1. The number of carbonyl (C=O) groups excluding carboxylic acids is 2. The molecule has 3 rings (SSSR count). The Kier molecular flexibility index (Phi) is 7.22. The Labute approximate surface area is 184 Å². The van der Waals surface area contributed by atoms with Gasteiger partial charge < -0.3 is 20.5 Å². The molecule has 1 aromatic heterocycles. The van der Waals surface area contributed by atoms with E-state index in [0.717, 1.165) is 5.56 Å². The first kappa shape index (κ1) is 22.5. The van der Waals surface area contributed by atoms with Crippen LogP contribution in [-0.2, 0) is 11.3 Å². The molecule has 3 aromatic rings. The van der Waals surface area contributed by atoms with E-state index in [4.69, 9.17) is 15.2 Å². The van der Waals surface area contributed by atoms with Crippen LogP contribution in [0.4, 0.5) is 5.69 Å². The molecule has 0 spiro atoms. The largest absolute Gasteiger partial charge is 0.493 e. The van der Waals surface area contributed by atoms with Gasteiger partial charge in [-0.15, -0.1) is 0 Å². The Morgan fingerprint density at radius 2 is 1.78 bits per heavy atom. The lowest BCUT2D eigenvalue weighted by Crippen LogP contribution is -2.23. The van der Waals surface area contributed by atoms with Gasteiger partial charge >= 0.3 is 0 Å². The average Bonchev–Trinajstić information content (AvgIpc) is 2.80. The molecule has 0 bridgehead atoms. The Bertz CT molecular complexity index is 1190. The lowest BCUT2D eigenvalue weighted by molar-refractivity contribution is -0.116. The van der Waals surface area contributed by atoms with Crippen molar-refractivity contribution in [1.29, 1.82) is 0 Å². The molecule has 0 saturated carbocycles. The van der Waals surface area contributed by atoms with Gasteiger partial charge in [-0.1, -0.05) is 12.1 Å². The first-order valence-electron chi connectivity index (χ1n) is 9.92. The predicted octanol–water partition coefficient (Wildman–Crippen LogP) is 2.45. The molecule has 0 aliphatic carbocycles. The van der Waals surface area contributed by atoms with E-state index >= 15 is 0 Å². The maximum absolute atomic E-state index is 12.3. The number of para-hydroxylation sites is 1. The van der Waals surface area contributed by atoms with Crippen LogP contribution in [0.5, 0.6) is 11.5 Å². The molecule has 0 unspecified atom stereocenters. The zero-order valence-electron chi connectivity index (χ0n) is 17.8. The van der Waals surface area contributed by atoms with E-state index in [1.165, 1.54) is 10.7 Å². The SMILES string of the molecule is COc1ccc(-c2ccc(=O)n(CCCC(=O)Nc3ccccc3C(N)=O)n2)cc1OC. The second-order valence-corrected chi connectivity index (χ2v) is 6.91. The number of nitrogens with one attached hydrogen (secondary N) is 1. The van der Waals surface area contributed by atoms with Crippen molar-refractivity contribution in [1.82, 2.24) is 9.78 Å². The van der Waals surface area contributed by atoms with Gasteiger partial charge in [0, 0.05) is 24.6 Å². The molecule has 0 fully saturated rings. The van der Waals surface area contributed by atoms with Crippen molar-refractivity contribution >= 4 is 17.5 Å². The normalized spacial score (nSPS) is 10.4. The number of hydrogen-bond acceptors (Lipinski definition) is 6. The first-order valence-corrected chi connectivity index (χ1v) is 9.92. The topological polar surface area (TPSA) is 126 Å².